The van der Waals surface area contributed by atoms with E-state index in [0.717, 1.165) is 6.42 Å². The lowest BCUT2D eigenvalue weighted by Crippen LogP contribution is -2.15. The second-order valence-corrected chi connectivity index (χ2v) is 2.78. The van der Waals surface area contributed by atoms with Crippen molar-refractivity contribution in [2.75, 3.05) is 5.32 Å². The van der Waals surface area contributed by atoms with Crippen molar-refractivity contribution in [2.24, 2.45) is 0 Å². The van der Waals surface area contributed by atoms with Gasteiger partial charge in [-0.15, -0.1) is 0 Å². The molecule has 2 nitrogen and oxygen atoms in total. The van der Waals surface area contributed by atoms with Crippen molar-refractivity contribution < 1.29 is 0 Å². The van der Waals surface area contributed by atoms with Gasteiger partial charge in [0.15, 0.2) is 0 Å². The standard InChI is InChI=1S/C9H10N2/c10-6-8-5-7-3-1-2-4-9(7)11-8/h1-4,6,8,10-11H,5H2. The van der Waals surface area contributed by atoms with E-state index in [1.807, 2.05) is 12.1 Å². The number of hydrogen-bond donors (Lipinski definition) is 2. The minimum atomic E-state index is 0.215. The average molecular weight is 146 g/mol. The highest BCUT2D eigenvalue weighted by atomic mass is 14.9. The van der Waals surface area contributed by atoms with E-state index in [0.29, 0.717) is 0 Å². The van der Waals surface area contributed by atoms with Crippen molar-refractivity contribution in [3.05, 3.63) is 29.8 Å². The summed E-state index contributed by atoms with van der Waals surface area (Å²) in [6, 6.07) is 8.42. The molecular formula is C9H10N2. The molecule has 1 heterocycles. The molecule has 1 aromatic rings. The highest BCUT2D eigenvalue weighted by Crippen LogP contribution is 2.23. The molecule has 56 valence electrons. The van der Waals surface area contributed by atoms with Crippen LogP contribution in [0.3, 0.4) is 0 Å². The monoisotopic (exact) mass is 146 g/mol. The van der Waals surface area contributed by atoms with Gasteiger partial charge < -0.3 is 10.7 Å². The summed E-state index contributed by atoms with van der Waals surface area (Å²) in [6.45, 7) is 0. The van der Waals surface area contributed by atoms with Crippen LogP contribution in [-0.2, 0) is 6.42 Å². The van der Waals surface area contributed by atoms with Crippen molar-refractivity contribution >= 4 is 11.9 Å². The summed E-state index contributed by atoms with van der Waals surface area (Å²) < 4.78 is 0. The molecule has 1 unspecified atom stereocenters. The van der Waals surface area contributed by atoms with E-state index in [4.69, 9.17) is 5.41 Å². The van der Waals surface area contributed by atoms with Gasteiger partial charge in [-0.3, -0.25) is 0 Å². The van der Waals surface area contributed by atoms with Crippen molar-refractivity contribution in [3.63, 3.8) is 0 Å². The zero-order chi connectivity index (χ0) is 7.68. The van der Waals surface area contributed by atoms with Crippen LogP contribution in [0.15, 0.2) is 24.3 Å². The Balaban J connectivity index is 2.33. The van der Waals surface area contributed by atoms with Crippen LogP contribution in [0.4, 0.5) is 5.69 Å². The van der Waals surface area contributed by atoms with Crippen LogP contribution in [-0.4, -0.2) is 12.3 Å². The van der Waals surface area contributed by atoms with Gasteiger partial charge in [0.2, 0.25) is 0 Å². The molecule has 0 aromatic heterocycles. The summed E-state index contributed by atoms with van der Waals surface area (Å²) in [7, 11) is 0. The second kappa shape index (κ2) is 2.38. The molecule has 0 radical (unpaired) electrons. The van der Waals surface area contributed by atoms with Gasteiger partial charge in [0.1, 0.15) is 0 Å². The second-order valence-electron chi connectivity index (χ2n) is 2.78. The van der Waals surface area contributed by atoms with Gasteiger partial charge in [0.05, 0.1) is 6.04 Å². The molecule has 1 aliphatic rings. The van der Waals surface area contributed by atoms with Crippen molar-refractivity contribution in [1.29, 1.82) is 5.41 Å². The van der Waals surface area contributed by atoms with Gasteiger partial charge in [-0.1, -0.05) is 18.2 Å². The van der Waals surface area contributed by atoms with Gasteiger partial charge in [-0.2, -0.15) is 0 Å². The van der Waals surface area contributed by atoms with Gasteiger partial charge in [0.25, 0.3) is 0 Å². The van der Waals surface area contributed by atoms with Crippen LogP contribution in [0.2, 0.25) is 0 Å². The number of nitrogens with one attached hydrogen (secondary N) is 2. The van der Waals surface area contributed by atoms with Crippen LogP contribution >= 0.6 is 0 Å². The Morgan fingerprint density at radius 3 is 3.00 bits per heavy atom. The number of anilines is 1. The topological polar surface area (TPSA) is 35.9 Å². The molecular weight excluding hydrogens is 136 g/mol. The summed E-state index contributed by atoms with van der Waals surface area (Å²) >= 11 is 0. The van der Waals surface area contributed by atoms with Gasteiger partial charge in [-0.05, 0) is 18.1 Å². The number of para-hydroxylation sites is 1. The van der Waals surface area contributed by atoms with Crippen LogP contribution in [0.1, 0.15) is 5.56 Å². The summed E-state index contributed by atoms with van der Waals surface area (Å²) in [4.78, 5) is 0. The van der Waals surface area contributed by atoms with E-state index < -0.39 is 0 Å². The SMILES string of the molecule is N=CC1Cc2ccccc2N1. The quantitative estimate of drug-likeness (QED) is 0.581. The molecule has 1 atom stereocenters. The summed E-state index contributed by atoms with van der Waals surface area (Å²) in [5.41, 5.74) is 2.50. The van der Waals surface area contributed by atoms with Crippen LogP contribution in [0, 0.1) is 5.41 Å². The minimum Gasteiger partial charge on any atom is -0.377 e. The molecule has 0 bridgehead atoms. The van der Waals surface area contributed by atoms with Crippen molar-refractivity contribution in [3.8, 4) is 0 Å². The van der Waals surface area contributed by atoms with Crippen LogP contribution in [0.5, 0.6) is 0 Å². The van der Waals surface area contributed by atoms with Gasteiger partial charge >= 0.3 is 0 Å². The lowest BCUT2D eigenvalue weighted by atomic mass is 10.1. The number of rotatable bonds is 1. The fourth-order valence-electron chi connectivity index (χ4n) is 1.43. The zero-order valence-electron chi connectivity index (χ0n) is 6.17. The molecule has 2 rings (SSSR count). The Morgan fingerprint density at radius 1 is 1.45 bits per heavy atom. The first-order valence-corrected chi connectivity index (χ1v) is 3.75. The first-order chi connectivity index (χ1) is 5.40. The maximum Gasteiger partial charge on any atom is 0.0650 e. The number of hydrogen-bond acceptors (Lipinski definition) is 2. The van der Waals surface area contributed by atoms with E-state index in [2.05, 4.69) is 17.4 Å². The van der Waals surface area contributed by atoms with E-state index in [-0.39, 0.29) is 6.04 Å². The summed E-state index contributed by atoms with van der Waals surface area (Å²) in [5.74, 6) is 0. The molecule has 1 aliphatic heterocycles. The normalized spacial score (nSPS) is 20.5. The Labute approximate surface area is 65.8 Å². The third-order valence-electron chi connectivity index (χ3n) is 2.00. The van der Waals surface area contributed by atoms with E-state index in [1.165, 1.54) is 17.5 Å². The maximum absolute atomic E-state index is 7.09. The number of benzene rings is 1. The minimum absolute atomic E-state index is 0.215. The highest BCUT2D eigenvalue weighted by Gasteiger charge is 2.16. The third-order valence-corrected chi connectivity index (χ3v) is 2.00. The Bertz CT molecular complexity index is 256. The summed E-state index contributed by atoms with van der Waals surface area (Å²) in [5, 5.41) is 10.3. The average Bonchev–Trinajstić information content (AvgIpc) is 2.46. The fraction of sp³-hybridized carbons (Fsp3) is 0.222. The van der Waals surface area contributed by atoms with Crippen molar-refractivity contribution in [2.45, 2.75) is 12.5 Å². The molecule has 0 fully saturated rings. The highest BCUT2D eigenvalue weighted by molar-refractivity contribution is 5.72. The zero-order valence-corrected chi connectivity index (χ0v) is 6.17. The molecule has 11 heavy (non-hydrogen) atoms. The van der Waals surface area contributed by atoms with Crippen LogP contribution < -0.4 is 5.32 Å². The lowest BCUT2D eigenvalue weighted by Gasteiger charge is -2.01. The van der Waals surface area contributed by atoms with Gasteiger partial charge in [-0.25, -0.2) is 0 Å². The third kappa shape index (κ3) is 1.00. The maximum atomic E-state index is 7.09. The largest absolute Gasteiger partial charge is 0.377 e. The molecule has 0 aliphatic carbocycles. The first-order valence-electron chi connectivity index (χ1n) is 3.75. The molecule has 0 saturated heterocycles. The predicted octanol–water partition coefficient (Wildman–Crippen LogP) is 1.67. The Kier molecular flexibility index (Phi) is 1.39. The number of fused-ring (bicyclic) bond motifs is 1. The van der Waals surface area contributed by atoms with E-state index >= 15 is 0 Å². The predicted molar refractivity (Wildman–Crippen MR) is 46.3 cm³/mol. The Morgan fingerprint density at radius 2 is 2.27 bits per heavy atom. The smallest absolute Gasteiger partial charge is 0.0650 e. The molecule has 0 spiro atoms. The molecule has 1 aromatic carbocycles. The van der Waals surface area contributed by atoms with Crippen LogP contribution in [0.25, 0.3) is 0 Å². The Hall–Kier alpha value is -1.31. The fourth-order valence-corrected chi connectivity index (χ4v) is 1.43. The lowest BCUT2D eigenvalue weighted by molar-refractivity contribution is 0.981. The summed E-state index contributed by atoms with van der Waals surface area (Å²) in [6.07, 6.45) is 2.42. The molecule has 2 N–H and O–H groups in total. The van der Waals surface area contributed by atoms with E-state index in [9.17, 15) is 0 Å². The van der Waals surface area contributed by atoms with E-state index in [1.54, 1.807) is 0 Å². The molecule has 2 heteroatoms. The molecule has 0 amide bonds. The molecule has 0 saturated carbocycles. The first kappa shape index (κ1) is 6.40. The van der Waals surface area contributed by atoms with Crippen molar-refractivity contribution in [1.82, 2.24) is 0 Å². The van der Waals surface area contributed by atoms with Gasteiger partial charge in [0, 0.05) is 11.9 Å².